The van der Waals surface area contributed by atoms with E-state index >= 15 is 0 Å². The smallest absolute Gasteiger partial charge is 0.230 e. The fraction of sp³-hybridized carbons (Fsp3) is 0.167. The summed E-state index contributed by atoms with van der Waals surface area (Å²) in [4.78, 5) is 16.5. The molecule has 0 aliphatic rings. The van der Waals surface area contributed by atoms with Crippen LogP contribution in [0.4, 0.5) is 0 Å². The lowest BCUT2D eigenvalue weighted by Gasteiger charge is -2.11. The van der Waals surface area contributed by atoms with Crippen LogP contribution in [0.15, 0.2) is 78.2 Å². The molecule has 156 valence electrons. The van der Waals surface area contributed by atoms with Gasteiger partial charge in [-0.15, -0.1) is 10.2 Å². The SMILES string of the molecule is Cc1ccc(-c2nnc(SCC(=O)NCc3cccnc3)n2-c2ccccc2)cc1C. The monoisotopic (exact) mass is 429 g/mol. The van der Waals surface area contributed by atoms with Gasteiger partial charge >= 0.3 is 0 Å². The Balaban J connectivity index is 1.55. The number of carbonyl (C=O) groups is 1. The van der Waals surface area contributed by atoms with Gasteiger partial charge in [-0.2, -0.15) is 0 Å². The molecule has 0 spiro atoms. The van der Waals surface area contributed by atoms with E-state index < -0.39 is 0 Å². The normalized spacial score (nSPS) is 10.8. The second kappa shape index (κ2) is 9.57. The van der Waals surface area contributed by atoms with Gasteiger partial charge in [-0.3, -0.25) is 14.3 Å². The van der Waals surface area contributed by atoms with Gasteiger partial charge in [-0.05, 0) is 54.8 Å². The molecular formula is C24H23N5OS. The molecule has 0 aliphatic carbocycles. The topological polar surface area (TPSA) is 72.7 Å². The average molecular weight is 430 g/mol. The Morgan fingerprint density at radius 3 is 2.58 bits per heavy atom. The van der Waals surface area contributed by atoms with Gasteiger partial charge in [-0.25, -0.2) is 0 Å². The summed E-state index contributed by atoms with van der Waals surface area (Å²) in [5, 5.41) is 12.5. The van der Waals surface area contributed by atoms with Crippen molar-refractivity contribution in [3.05, 3.63) is 89.7 Å². The number of nitrogens with zero attached hydrogens (tertiary/aromatic N) is 4. The molecule has 0 unspecified atom stereocenters. The fourth-order valence-electron chi connectivity index (χ4n) is 3.13. The van der Waals surface area contributed by atoms with E-state index in [4.69, 9.17) is 0 Å². The Kier molecular flexibility index (Phi) is 6.43. The van der Waals surface area contributed by atoms with Gasteiger partial charge < -0.3 is 5.32 Å². The van der Waals surface area contributed by atoms with Crippen LogP contribution in [0.25, 0.3) is 17.1 Å². The first-order valence-electron chi connectivity index (χ1n) is 9.98. The molecule has 0 radical (unpaired) electrons. The van der Waals surface area contributed by atoms with Gasteiger partial charge in [0.25, 0.3) is 0 Å². The second-order valence-corrected chi connectivity index (χ2v) is 8.15. The van der Waals surface area contributed by atoms with Gasteiger partial charge in [0.1, 0.15) is 0 Å². The third-order valence-corrected chi connectivity index (χ3v) is 5.89. The van der Waals surface area contributed by atoms with Gasteiger partial charge in [0.2, 0.25) is 5.91 Å². The molecule has 31 heavy (non-hydrogen) atoms. The van der Waals surface area contributed by atoms with E-state index in [0.29, 0.717) is 11.7 Å². The summed E-state index contributed by atoms with van der Waals surface area (Å²) in [6.07, 6.45) is 3.46. The van der Waals surface area contributed by atoms with Crippen molar-refractivity contribution in [2.24, 2.45) is 0 Å². The second-order valence-electron chi connectivity index (χ2n) is 7.20. The molecule has 1 amide bonds. The summed E-state index contributed by atoms with van der Waals surface area (Å²) in [5.74, 6) is 0.940. The number of aryl methyl sites for hydroxylation is 2. The number of hydrogen-bond donors (Lipinski definition) is 1. The number of amides is 1. The molecule has 6 nitrogen and oxygen atoms in total. The van der Waals surface area contributed by atoms with Crippen LogP contribution in [0, 0.1) is 13.8 Å². The van der Waals surface area contributed by atoms with Crippen molar-refractivity contribution in [3.8, 4) is 17.1 Å². The minimum atomic E-state index is -0.0656. The summed E-state index contributed by atoms with van der Waals surface area (Å²) in [5.41, 5.74) is 5.34. The predicted molar refractivity (Wildman–Crippen MR) is 123 cm³/mol. The molecule has 0 atom stereocenters. The molecular weight excluding hydrogens is 406 g/mol. The minimum absolute atomic E-state index is 0.0656. The zero-order chi connectivity index (χ0) is 21.6. The van der Waals surface area contributed by atoms with Gasteiger partial charge in [0, 0.05) is 30.2 Å². The standard InChI is InChI=1S/C24H23N5OS/c1-17-10-11-20(13-18(17)2)23-27-28-24(29(23)21-8-4-3-5-9-21)31-16-22(30)26-15-19-7-6-12-25-14-19/h3-14H,15-16H2,1-2H3,(H,26,30). The molecule has 0 bridgehead atoms. The Morgan fingerprint density at radius 1 is 1.00 bits per heavy atom. The van der Waals surface area contributed by atoms with Crippen LogP contribution in [0.2, 0.25) is 0 Å². The molecule has 4 aromatic rings. The van der Waals surface area contributed by atoms with Gasteiger partial charge in [0.05, 0.1) is 5.75 Å². The van der Waals surface area contributed by atoms with E-state index in [-0.39, 0.29) is 11.7 Å². The lowest BCUT2D eigenvalue weighted by Crippen LogP contribution is -2.24. The van der Waals surface area contributed by atoms with Gasteiger partial charge in [0.15, 0.2) is 11.0 Å². The molecule has 4 rings (SSSR count). The van der Waals surface area contributed by atoms with E-state index in [1.165, 1.54) is 22.9 Å². The number of para-hydroxylation sites is 1. The number of nitrogens with one attached hydrogen (secondary N) is 1. The van der Waals surface area contributed by atoms with Crippen molar-refractivity contribution in [2.75, 3.05) is 5.75 Å². The molecule has 1 N–H and O–H groups in total. The van der Waals surface area contributed by atoms with E-state index in [1.807, 2.05) is 47.0 Å². The van der Waals surface area contributed by atoms with Crippen LogP contribution in [0.5, 0.6) is 0 Å². The highest BCUT2D eigenvalue weighted by Crippen LogP contribution is 2.28. The summed E-state index contributed by atoms with van der Waals surface area (Å²) in [6, 6.07) is 20.0. The molecule has 2 aromatic heterocycles. The highest BCUT2D eigenvalue weighted by molar-refractivity contribution is 7.99. The van der Waals surface area contributed by atoms with Crippen molar-refractivity contribution >= 4 is 17.7 Å². The zero-order valence-electron chi connectivity index (χ0n) is 17.4. The van der Waals surface area contributed by atoms with Crippen molar-refractivity contribution in [3.63, 3.8) is 0 Å². The first kappa shape index (κ1) is 20.8. The maximum atomic E-state index is 12.4. The summed E-state index contributed by atoms with van der Waals surface area (Å²) >= 11 is 1.37. The Morgan fingerprint density at radius 2 is 1.84 bits per heavy atom. The van der Waals surface area contributed by atoms with Crippen molar-refractivity contribution in [2.45, 2.75) is 25.5 Å². The number of benzene rings is 2. The zero-order valence-corrected chi connectivity index (χ0v) is 18.3. The lowest BCUT2D eigenvalue weighted by atomic mass is 10.1. The highest BCUT2D eigenvalue weighted by Gasteiger charge is 2.17. The molecule has 0 saturated heterocycles. The van der Waals surface area contributed by atoms with Crippen LogP contribution in [-0.2, 0) is 11.3 Å². The maximum absolute atomic E-state index is 12.4. The van der Waals surface area contributed by atoms with E-state index in [0.717, 1.165) is 22.6 Å². The molecule has 0 saturated carbocycles. The molecule has 7 heteroatoms. The number of rotatable bonds is 7. The number of hydrogen-bond acceptors (Lipinski definition) is 5. The highest BCUT2D eigenvalue weighted by atomic mass is 32.2. The summed E-state index contributed by atoms with van der Waals surface area (Å²) in [7, 11) is 0. The minimum Gasteiger partial charge on any atom is -0.351 e. The number of pyridine rings is 1. The van der Waals surface area contributed by atoms with Crippen molar-refractivity contribution < 1.29 is 4.79 Å². The maximum Gasteiger partial charge on any atom is 0.230 e. The van der Waals surface area contributed by atoms with Crippen LogP contribution in [0.1, 0.15) is 16.7 Å². The van der Waals surface area contributed by atoms with Crippen molar-refractivity contribution in [1.29, 1.82) is 0 Å². The van der Waals surface area contributed by atoms with E-state index in [2.05, 4.69) is 52.5 Å². The Hall–Kier alpha value is -3.45. The van der Waals surface area contributed by atoms with Gasteiger partial charge in [-0.1, -0.05) is 48.2 Å². The van der Waals surface area contributed by atoms with E-state index in [9.17, 15) is 4.79 Å². The molecule has 2 aromatic carbocycles. The number of aromatic nitrogens is 4. The Labute approximate surface area is 185 Å². The Bertz CT molecular complexity index is 1180. The average Bonchev–Trinajstić information content (AvgIpc) is 3.23. The molecule has 0 fully saturated rings. The summed E-state index contributed by atoms with van der Waals surface area (Å²) in [6.45, 7) is 4.63. The first-order chi connectivity index (χ1) is 15.1. The summed E-state index contributed by atoms with van der Waals surface area (Å²) < 4.78 is 2.00. The number of carbonyl (C=O) groups excluding carboxylic acids is 1. The van der Waals surface area contributed by atoms with Crippen molar-refractivity contribution in [1.82, 2.24) is 25.1 Å². The number of thioether (sulfide) groups is 1. The first-order valence-corrected chi connectivity index (χ1v) is 11.0. The quantitative estimate of drug-likeness (QED) is 0.442. The van der Waals surface area contributed by atoms with Crippen LogP contribution in [0.3, 0.4) is 0 Å². The fourth-order valence-corrected chi connectivity index (χ4v) is 3.91. The third-order valence-electron chi connectivity index (χ3n) is 4.96. The van der Waals surface area contributed by atoms with Crippen LogP contribution >= 0.6 is 11.8 Å². The van der Waals surface area contributed by atoms with Crippen LogP contribution in [-0.4, -0.2) is 31.4 Å². The third kappa shape index (κ3) is 5.00. The molecule has 2 heterocycles. The predicted octanol–water partition coefficient (Wildman–Crippen LogP) is 4.35. The largest absolute Gasteiger partial charge is 0.351 e. The van der Waals surface area contributed by atoms with Crippen LogP contribution < -0.4 is 5.32 Å². The lowest BCUT2D eigenvalue weighted by molar-refractivity contribution is -0.118. The van der Waals surface area contributed by atoms with E-state index in [1.54, 1.807) is 12.4 Å². The molecule has 0 aliphatic heterocycles.